The number of anilines is 1. The van der Waals surface area contributed by atoms with E-state index in [4.69, 9.17) is 16.3 Å². The highest BCUT2D eigenvalue weighted by molar-refractivity contribution is 6.29. The van der Waals surface area contributed by atoms with Crippen molar-refractivity contribution in [3.63, 3.8) is 0 Å². The van der Waals surface area contributed by atoms with E-state index in [2.05, 4.69) is 28.7 Å². The van der Waals surface area contributed by atoms with E-state index in [0.717, 1.165) is 18.9 Å². The predicted molar refractivity (Wildman–Crippen MR) is 72.9 cm³/mol. The van der Waals surface area contributed by atoms with E-state index in [-0.39, 0.29) is 0 Å². The Balaban J connectivity index is 2.15. The Hall–Kier alpha value is -0.870. The minimum atomic E-state index is 0.420. The summed E-state index contributed by atoms with van der Waals surface area (Å²) >= 11 is 6.05. The van der Waals surface area contributed by atoms with Crippen LogP contribution in [-0.2, 0) is 11.3 Å². The largest absolute Gasteiger partial charge is 0.374 e. The van der Waals surface area contributed by atoms with Crippen LogP contribution < -0.4 is 4.90 Å². The molecule has 2 atom stereocenters. The number of ether oxygens (including phenoxy) is 1. The van der Waals surface area contributed by atoms with Crippen LogP contribution in [0.2, 0.25) is 5.15 Å². The minimum Gasteiger partial charge on any atom is -0.374 e. The van der Waals surface area contributed by atoms with E-state index < -0.39 is 0 Å². The molecule has 1 aliphatic heterocycles. The van der Waals surface area contributed by atoms with Gasteiger partial charge < -0.3 is 9.64 Å². The number of nitrogens with zero attached hydrogens (tertiary/aromatic N) is 3. The summed E-state index contributed by atoms with van der Waals surface area (Å²) in [4.78, 5) is 11.0. The predicted octanol–water partition coefficient (Wildman–Crippen LogP) is 2.76. The molecule has 2 unspecified atom stereocenters. The number of hydrogen-bond donors (Lipinski definition) is 0. The molecule has 1 saturated heterocycles. The molecular weight excluding hydrogens is 250 g/mol. The molecule has 1 aliphatic rings. The Kier molecular flexibility index (Phi) is 4.40. The molecule has 2 rings (SSSR count). The first-order valence-electron chi connectivity index (χ1n) is 6.46. The van der Waals surface area contributed by atoms with Crippen molar-refractivity contribution in [1.29, 1.82) is 0 Å². The zero-order chi connectivity index (χ0) is 13.1. The molecule has 1 aromatic heterocycles. The lowest BCUT2D eigenvalue weighted by Crippen LogP contribution is -2.21. The van der Waals surface area contributed by atoms with E-state index in [1.165, 1.54) is 0 Å². The SMILES string of the molecule is CCOCc1nc(Cl)cc(N2CC(C)C(C)C2)n1. The van der Waals surface area contributed by atoms with Crippen molar-refractivity contribution >= 4 is 17.4 Å². The van der Waals surface area contributed by atoms with E-state index in [0.29, 0.717) is 36.0 Å². The number of rotatable bonds is 4. The number of hydrogen-bond acceptors (Lipinski definition) is 4. The fraction of sp³-hybridized carbons (Fsp3) is 0.692. The molecule has 5 heteroatoms. The molecular formula is C13H20ClN3O. The smallest absolute Gasteiger partial charge is 0.158 e. The van der Waals surface area contributed by atoms with Gasteiger partial charge >= 0.3 is 0 Å². The van der Waals surface area contributed by atoms with Gasteiger partial charge in [-0.3, -0.25) is 0 Å². The van der Waals surface area contributed by atoms with Crippen LogP contribution in [0.25, 0.3) is 0 Å². The molecule has 0 radical (unpaired) electrons. The van der Waals surface area contributed by atoms with Gasteiger partial charge in [-0.1, -0.05) is 25.4 Å². The molecule has 1 fully saturated rings. The van der Waals surface area contributed by atoms with Crippen molar-refractivity contribution in [3.05, 3.63) is 17.0 Å². The van der Waals surface area contributed by atoms with Crippen LogP contribution in [0, 0.1) is 11.8 Å². The van der Waals surface area contributed by atoms with Gasteiger partial charge in [0.15, 0.2) is 5.82 Å². The minimum absolute atomic E-state index is 0.420. The van der Waals surface area contributed by atoms with Gasteiger partial charge in [-0.15, -0.1) is 0 Å². The maximum atomic E-state index is 6.05. The highest BCUT2D eigenvalue weighted by Gasteiger charge is 2.27. The summed E-state index contributed by atoms with van der Waals surface area (Å²) in [5.74, 6) is 2.95. The summed E-state index contributed by atoms with van der Waals surface area (Å²) in [6.45, 7) is 9.63. The topological polar surface area (TPSA) is 38.2 Å². The normalized spacial score (nSPS) is 23.7. The quantitative estimate of drug-likeness (QED) is 0.788. The molecule has 0 amide bonds. The average Bonchev–Trinajstić information content (AvgIpc) is 2.66. The maximum absolute atomic E-state index is 6.05. The molecule has 0 bridgehead atoms. The van der Waals surface area contributed by atoms with Crippen LogP contribution in [0.3, 0.4) is 0 Å². The molecule has 0 aliphatic carbocycles. The Morgan fingerprint density at radius 1 is 1.33 bits per heavy atom. The van der Waals surface area contributed by atoms with Crippen molar-refractivity contribution in [2.45, 2.75) is 27.4 Å². The summed E-state index contributed by atoms with van der Waals surface area (Å²) in [6, 6.07) is 1.84. The average molecular weight is 270 g/mol. The van der Waals surface area contributed by atoms with Gasteiger partial charge in [-0.2, -0.15) is 0 Å². The first-order valence-corrected chi connectivity index (χ1v) is 6.84. The lowest BCUT2D eigenvalue weighted by Gasteiger charge is -2.17. The van der Waals surface area contributed by atoms with Gasteiger partial charge in [0.2, 0.25) is 0 Å². The van der Waals surface area contributed by atoms with E-state index in [1.807, 2.05) is 13.0 Å². The lowest BCUT2D eigenvalue weighted by atomic mass is 10.0. The van der Waals surface area contributed by atoms with E-state index >= 15 is 0 Å². The molecule has 1 aromatic rings. The second-order valence-corrected chi connectivity index (χ2v) is 5.35. The second-order valence-electron chi connectivity index (χ2n) is 4.96. The molecule has 2 heterocycles. The van der Waals surface area contributed by atoms with Crippen LogP contribution in [0.5, 0.6) is 0 Å². The van der Waals surface area contributed by atoms with Crippen LogP contribution in [-0.4, -0.2) is 29.7 Å². The third-order valence-electron chi connectivity index (χ3n) is 3.48. The highest BCUT2D eigenvalue weighted by Crippen LogP contribution is 2.27. The summed E-state index contributed by atoms with van der Waals surface area (Å²) < 4.78 is 5.33. The molecule has 0 aromatic carbocycles. The molecule has 100 valence electrons. The van der Waals surface area contributed by atoms with E-state index in [9.17, 15) is 0 Å². The molecule has 0 saturated carbocycles. The van der Waals surface area contributed by atoms with Crippen LogP contribution in [0.15, 0.2) is 6.07 Å². The first kappa shape index (κ1) is 13.6. The van der Waals surface area contributed by atoms with Crippen molar-refractivity contribution in [1.82, 2.24) is 9.97 Å². The first-order chi connectivity index (χ1) is 8.60. The van der Waals surface area contributed by atoms with Gasteiger partial charge in [-0.25, -0.2) is 9.97 Å². The van der Waals surface area contributed by atoms with Gasteiger partial charge in [0, 0.05) is 25.8 Å². The number of halogens is 1. The van der Waals surface area contributed by atoms with Gasteiger partial charge in [-0.05, 0) is 18.8 Å². The summed E-state index contributed by atoms with van der Waals surface area (Å²) in [6.07, 6.45) is 0. The van der Waals surface area contributed by atoms with Crippen LogP contribution in [0.1, 0.15) is 26.6 Å². The third kappa shape index (κ3) is 3.12. The third-order valence-corrected chi connectivity index (χ3v) is 3.67. The summed E-state index contributed by atoms with van der Waals surface area (Å²) in [5, 5.41) is 0.488. The second kappa shape index (κ2) is 5.85. The van der Waals surface area contributed by atoms with Crippen LogP contribution in [0.4, 0.5) is 5.82 Å². The van der Waals surface area contributed by atoms with Crippen molar-refractivity contribution in [2.24, 2.45) is 11.8 Å². The number of aromatic nitrogens is 2. The van der Waals surface area contributed by atoms with Crippen molar-refractivity contribution < 1.29 is 4.74 Å². The standard InChI is InChI=1S/C13H20ClN3O/c1-4-18-8-12-15-11(14)5-13(16-12)17-6-9(2)10(3)7-17/h5,9-10H,4,6-8H2,1-3H3. The Morgan fingerprint density at radius 3 is 2.61 bits per heavy atom. The van der Waals surface area contributed by atoms with E-state index in [1.54, 1.807) is 0 Å². The van der Waals surface area contributed by atoms with Crippen LogP contribution >= 0.6 is 11.6 Å². The van der Waals surface area contributed by atoms with Gasteiger partial charge in [0.1, 0.15) is 17.6 Å². The fourth-order valence-electron chi connectivity index (χ4n) is 2.19. The Labute approximate surface area is 113 Å². The van der Waals surface area contributed by atoms with Gasteiger partial charge in [0.25, 0.3) is 0 Å². The molecule has 18 heavy (non-hydrogen) atoms. The van der Waals surface area contributed by atoms with Crippen molar-refractivity contribution in [2.75, 3.05) is 24.6 Å². The monoisotopic (exact) mass is 269 g/mol. The molecule has 4 nitrogen and oxygen atoms in total. The highest BCUT2D eigenvalue weighted by atomic mass is 35.5. The maximum Gasteiger partial charge on any atom is 0.158 e. The van der Waals surface area contributed by atoms with Crippen molar-refractivity contribution in [3.8, 4) is 0 Å². The summed E-state index contributed by atoms with van der Waals surface area (Å²) in [7, 11) is 0. The fourth-order valence-corrected chi connectivity index (χ4v) is 2.38. The molecule has 0 N–H and O–H groups in total. The molecule has 0 spiro atoms. The van der Waals surface area contributed by atoms with Gasteiger partial charge in [0.05, 0.1) is 0 Å². The zero-order valence-electron chi connectivity index (χ0n) is 11.2. The summed E-state index contributed by atoms with van der Waals surface area (Å²) in [5.41, 5.74) is 0. The lowest BCUT2D eigenvalue weighted by molar-refractivity contribution is 0.128. The Morgan fingerprint density at radius 2 is 2.00 bits per heavy atom. The Bertz CT molecular complexity index is 403. The zero-order valence-corrected chi connectivity index (χ0v) is 11.9.